The Morgan fingerprint density at radius 3 is 2.70 bits per heavy atom. The number of nitrogens with one attached hydrogen (secondary N) is 1. The number of hydrogen-bond acceptors (Lipinski definition) is 3. The zero-order chi connectivity index (χ0) is 14.7. The molecule has 2 rings (SSSR count). The molecular formula is C15H15BrN2O2. The van der Waals surface area contributed by atoms with E-state index in [1.165, 1.54) is 17.2 Å². The molecule has 0 radical (unpaired) electrons. The molecule has 2 aromatic carbocycles. The lowest BCUT2D eigenvalue weighted by Crippen LogP contribution is -2.02. The van der Waals surface area contributed by atoms with Gasteiger partial charge in [-0.3, -0.25) is 10.1 Å². The van der Waals surface area contributed by atoms with Crippen LogP contribution in [0.4, 0.5) is 11.4 Å². The summed E-state index contributed by atoms with van der Waals surface area (Å²) in [5, 5.41) is 14.2. The van der Waals surface area contributed by atoms with Crippen molar-refractivity contribution in [1.29, 1.82) is 0 Å². The van der Waals surface area contributed by atoms with E-state index >= 15 is 0 Å². The summed E-state index contributed by atoms with van der Waals surface area (Å²) >= 11 is 3.30. The molecular weight excluding hydrogens is 320 g/mol. The third-order valence-electron chi connectivity index (χ3n) is 3.24. The molecule has 0 atom stereocenters. The number of hydrogen-bond donors (Lipinski definition) is 1. The molecule has 0 spiro atoms. The minimum Gasteiger partial charge on any atom is -0.381 e. The van der Waals surface area contributed by atoms with Crippen LogP contribution in [-0.2, 0) is 6.54 Å². The van der Waals surface area contributed by atoms with Gasteiger partial charge in [0.05, 0.1) is 4.92 Å². The van der Waals surface area contributed by atoms with Crippen LogP contribution < -0.4 is 5.32 Å². The number of anilines is 1. The van der Waals surface area contributed by atoms with Gasteiger partial charge >= 0.3 is 0 Å². The van der Waals surface area contributed by atoms with Crippen LogP contribution in [0, 0.1) is 24.0 Å². The highest BCUT2D eigenvalue weighted by atomic mass is 79.9. The van der Waals surface area contributed by atoms with Gasteiger partial charge in [-0.25, -0.2) is 0 Å². The SMILES string of the molecule is Cc1cccc(NCc2cc(Br)cc([N+](=O)[O-])c2)c1C. The number of non-ortho nitro benzene ring substituents is 1. The van der Waals surface area contributed by atoms with Gasteiger partial charge in [0.15, 0.2) is 0 Å². The highest BCUT2D eigenvalue weighted by Crippen LogP contribution is 2.23. The van der Waals surface area contributed by atoms with Gasteiger partial charge in [-0.05, 0) is 42.7 Å². The predicted molar refractivity (Wildman–Crippen MR) is 84.0 cm³/mol. The van der Waals surface area contributed by atoms with E-state index in [1.807, 2.05) is 18.2 Å². The molecule has 104 valence electrons. The monoisotopic (exact) mass is 334 g/mol. The van der Waals surface area contributed by atoms with Crippen LogP contribution in [0.2, 0.25) is 0 Å². The van der Waals surface area contributed by atoms with E-state index in [1.54, 1.807) is 6.07 Å². The van der Waals surface area contributed by atoms with Crippen LogP contribution in [0.3, 0.4) is 0 Å². The van der Waals surface area contributed by atoms with E-state index in [2.05, 4.69) is 41.2 Å². The minimum atomic E-state index is -0.383. The van der Waals surface area contributed by atoms with Crippen molar-refractivity contribution in [1.82, 2.24) is 0 Å². The van der Waals surface area contributed by atoms with E-state index in [9.17, 15) is 10.1 Å². The van der Waals surface area contributed by atoms with Crippen LogP contribution in [0.15, 0.2) is 40.9 Å². The standard InChI is InChI=1S/C15H15BrN2O2/c1-10-4-3-5-15(11(10)2)17-9-12-6-13(16)8-14(7-12)18(19)20/h3-8,17H,9H2,1-2H3. The van der Waals surface area contributed by atoms with E-state index in [4.69, 9.17) is 0 Å². The van der Waals surface area contributed by atoms with Crippen molar-refractivity contribution in [3.8, 4) is 0 Å². The van der Waals surface area contributed by atoms with Crippen molar-refractivity contribution in [2.45, 2.75) is 20.4 Å². The van der Waals surface area contributed by atoms with Crippen molar-refractivity contribution < 1.29 is 4.92 Å². The smallest absolute Gasteiger partial charge is 0.270 e. The van der Waals surface area contributed by atoms with E-state index in [0.717, 1.165) is 11.3 Å². The molecule has 2 aromatic rings. The second-order valence-electron chi connectivity index (χ2n) is 4.68. The number of aryl methyl sites for hydroxylation is 1. The lowest BCUT2D eigenvalue weighted by molar-refractivity contribution is -0.385. The number of nitrogens with zero attached hydrogens (tertiary/aromatic N) is 1. The largest absolute Gasteiger partial charge is 0.381 e. The summed E-state index contributed by atoms with van der Waals surface area (Å²) in [5.74, 6) is 0. The third-order valence-corrected chi connectivity index (χ3v) is 3.70. The fraction of sp³-hybridized carbons (Fsp3) is 0.200. The quantitative estimate of drug-likeness (QED) is 0.657. The molecule has 0 saturated carbocycles. The molecule has 0 heterocycles. The number of nitro benzene ring substituents is 1. The van der Waals surface area contributed by atoms with Crippen LogP contribution in [0.1, 0.15) is 16.7 Å². The third kappa shape index (κ3) is 3.36. The average Bonchev–Trinajstić information content (AvgIpc) is 2.40. The van der Waals surface area contributed by atoms with E-state index in [-0.39, 0.29) is 10.6 Å². The predicted octanol–water partition coefficient (Wildman–Crippen LogP) is 4.59. The number of benzene rings is 2. The van der Waals surface area contributed by atoms with Gasteiger partial charge in [0, 0.05) is 28.8 Å². The highest BCUT2D eigenvalue weighted by molar-refractivity contribution is 9.10. The first-order chi connectivity index (χ1) is 9.47. The lowest BCUT2D eigenvalue weighted by atomic mass is 10.1. The second kappa shape index (κ2) is 6.05. The Kier molecular flexibility index (Phi) is 4.39. The molecule has 0 aliphatic carbocycles. The molecule has 20 heavy (non-hydrogen) atoms. The summed E-state index contributed by atoms with van der Waals surface area (Å²) in [7, 11) is 0. The van der Waals surface area contributed by atoms with Crippen molar-refractivity contribution in [2.75, 3.05) is 5.32 Å². The molecule has 0 unspecified atom stereocenters. The average molecular weight is 335 g/mol. The molecule has 5 heteroatoms. The van der Waals surface area contributed by atoms with Crippen LogP contribution in [-0.4, -0.2) is 4.92 Å². The molecule has 4 nitrogen and oxygen atoms in total. The van der Waals surface area contributed by atoms with Gasteiger partial charge in [0.25, 0.3) is 5.69 Å². The molecule has 0 bridgehead atoms. The normalized spacial score (nSPS) is 10.3. The number of rotatable bonds is 4. The first-order valence-electron chi connectivity index (χ1n) is 6.21. The van der Waals surface area contributed by atoms with E-state index in [0.29, 0.717) is 11.0 Å². The summed E-state index contributed by atoms with van der Waals surface area (Å²) in [4.78, 5) is 10.5. The van der Waals surface area contributed by atoms with E-state index < -0.39 is 0 Å². The van der Waals surface area contributed by atoms with Gasteiger partial charge in [-0.1, -0.05) is 28.1 Å². The van der Waals surface area contributed by atoms with Gasteiger partial charge in [-0.15, -0.1) is 0 Å². The molecule has 0 aromatic heterocycles. The summed E-state index contributed by atoms with van der Waals surface area (Å²) in [6.45, 7) is 4.66. The first-order valence-corrected chi connectivity index (χ1v) is 7.00. The summed E-state index contributed by atoms with van der Waals surface area (Å²) in [6.07, 6.45) is 0. The summed E-state index contributed by atoms with van der Waals surface area (Å²) in [6, 6.07) is 11.0. The zero-order valence-electron chi connectivity index (χ0n) is 11.3. The fourth-order valence-corrected chi connectivity index (χ4v) is 2.51. The molecule has 0 aliphatic rings. The van der Waals surface area contributed by atoms with Crippen molar-refractivity contribution >= 4 is 27.3 Å². The Hall–Kier alpha value is -1.88. The highest BCUT2D eigenvalue weighted by Gasteiger charge is 2.09. The molecule has 0 amide bonds. The maximum absolute atomic E-state index is 10.8. The fourth-order valence-electron chi connectivity index (χ4n) is 1.98. The zero-order valence-corrected chi connectivity index (χ0v) is 12.9. The van der Waals surface area contributed by atoms with Crippen molar-refractivity contribution in [3.63, 3.8) is 0 Å². The number of nitro groups is 1. The van der Waals surface area contributed by atoms with Gasteiger partial charge in [0.2, 0.25) is 0 Å². The number of halogens is 1. The maximum Gasteiger partial charge on any atom is 0.270 e. The Bertz CT molecular complexity index is 656. The molecule has 0 saturated heterocycles. The minimum absolute atomic E-state index is 0.0946. The molecule has 0 aliphatic heterocycles. The van der Waals surface area contributed by atoms with Gasteiger partial charge in [0.1, 0.15) is 0 Å². The Morgan fingerprint density at radius 1 is 1.25 bits per heavy atom. The Labute approximate surface area is 126 Å². The van der Waals surface area contributed by atoms with Gasteiger partial charge in [-0.2, -0.15) is 0 Å². The maximum atomic E-state index is 10.8. The topological polar surface area (TPSA) is 55.2 Å². The van der Waals surface area contributed by atoms with Crippen LogP contribution in [0.25, 0.3) is 0 Å². The second-order valence-corrected chi connectivity index (χ2v) is 5.59. The summed E-state index contributed by atoms with van der Waals surface area (Å²) < 4.78 is 0.712. The Morgan fingerprint density at radius 2 is 2.00 bits per heavy atom. The first kappa shape index (κ1) is 14.5. The molecule has 1 N–H and O–H groups in total. The Balaban J connectivity index is 2.19. The van der Waals surface area contributed by atoms with Crippen LogP contribution in [0.5, 0.6) is 0 Å². The van der Waals surface area contributed by atoms with Crippen molar-refractivity contribution in [2.24, 2.45) is 0 Å². The van der Waals surface area contributed by atoms with Crippen LogP contribution >= 0.6 is 15.9 Å². The molecule has 0 fully saturated rings. The summed E-state index contributed by atoms with van der Waals surface area (Å²) in [5.41, 5.74) is 4.42. The van der Waals surface area contributed by atoms with Gasteiger partial charge < -0.3 is 5.32 Å². The van der Waals surface area contributed by atoms with Crippen molar-refractivity contribution in [3.05, 3.63) is 67.7 Å². The lowest BCUT2D eigenvalue weighted by Gasteiger charge is -2.11.